The summed E-state index contributed by atoms with van der Waals surface area (Å²) in [5, 5.41) is 8.18. The molecule has 2 aromatic rings. The lowest BCUT2D eigenvalue weighted by molar-refractivity contribution is 0.0943. The molecular weight excluding hydrogens is 278 g/mol. The molecule has 0 fully saturated rings. The Bertz CT molecular complexity index is 647. The highest BCUT2D eigenvalue weighted by Gasteiger charge is 2.12. The summed E-state index contributed by atoms with van der Waals surface area (Å²) in [5.74, 6) is 0.403. The number of hydrogen-bond acceptors (Lipinski definition) is 4. The number of pyridine rings is 1. The number of likely N-dealkylation sites (N-methyl/N-ethyl adjacent to an activating group) is 1. The van der Waals surface area contributed by atoms with Gasteiger partial charge in [-0.3, -0.25) is 4.79 Å². The summed E-state index contributed by atoms with van der Waals surface area (Å²) in [4.78, 5) is 18.7. The number of nitrogens with zero attached hydrogens (tertiary/aromatic N) is 4. The quantitative estimate of drug-likeness (QED) is 0.883. The van der Waals surface area contributed by atoms with Gasteiger partial charge in [-0.15, -0.1) is 0 Å². The molecule has 2 rings (SSSR count). The van der Waals surface area contributed by atoms with E-state index in [9.17, 15) is 4.79 Å². The van der Waals surface area contributed by atoms with Crippen molar-refractivity contribution in [1.29, 1.82) is 0 Å². The van der Waals surface area contributed by atoms with Crippen LogP contribution in [-0.2, 0) is 6.54 Å². The third kappa shape index (κ3) is 3.82. The van der Waals surface area contributed by atoms with Crippen molar-refractivity contribution in [2.75, 3.05) is 20.6 Å². The Morgan fingerprint density at radius 3 is 2.68 bits per heavy atom. The van der Waals surface area contributed by atoms with Crippen LogP contribution in [0.15, 0.2) is 18.5 Å². The smallest absolute Gasteiger partial charge is 0.252 e. The van der Waals surface area contributed by atoms with Gasteiger partial charge < -0.3 is 10.2 Å². The van der Waals surface area contributed by atoms with Gasteiger partial charge in [0.15, 0.2) is 5.65 Å². The molecule has 6 nitrogen and oxygen atoms in total. The number of carbonyl (C=O) groups excluding carboxylic acids is 1. The van der Waals surface area contributed by atoms with Crippen molar-refractivity contribution in [2.24, 2.45) is 5.92 Å². The van der Waals surface area contributed by atoms with Gasteiger partial charge in [0.2, 0.25) is 0 Å². The molecule has 1 atom stereocenters. The first kappa shape index (κ1) is 16.4. The highest BCUT2D eigenvalue weighted by atomic mass is 16.1. The zero-order valence-corrected chi connectivity index (χ0v) is 14.0. The van der Waals surface area contributed by atoms with Gasteiger partial charge in [0.05, 0.1) is 11.8 Å². The number of rotatable bonds is 6. The molecule has 2 heterocycles. The monoisotopic (exact) mass is 303 g/mol. The molecule has 0 spiro atoms. The van der Waals surface area contributed by atoms with Crippen LogP contribution >= 0.6 is 0 Å². The molecule has 2 aromatic heterocycles. The zero-order valence-electron chi connectivity index (χ0n) is 14.0. The Hall–Kier alpha value is -1.95. The van der Waals surface area contributed by atoms with Crippen molar-refractivity contribution in [3.8, 4) is 0 Å². The summed E-state index contributed by atoms with van der Waals surface area (Å²) in [5.41, 5.74) is 1.40. The van der Waals surface area contributed by atoms with Crippen molar-refractivity contribution in [2.45, 2.75) is 33.4 Å². The average molecular weight is 303 g/mol. The Balaban J connectivity index is 2.11. The van der Waals surface area contributed by atoms with Gasteiger partial charge in [0, 0.05) is 30.7 Å². The van der Waals surface area contributed by atoms with Crippen LogP contribution in [-0.4, -0.2) is 52.3 Å². The first-order chi connectivity index (χ1) is 10.4. The molecule has 0 saturated heterocycles. The molecule has 6 heteroatoms. The number of amides is 1. The van der Waals surface area contributed by atoms with Crippen LogP contribution in [0.4, 0.5) is 0 Å². The summed E-state index contributed by atoms with van der Waals surface area (Å²) < 4.78 is 1.88. The predicted molar refractivity (Wildman–Crippen MR) is 87.8 cm³/mol. The number of nitrogens with one attached hydrogen (secondary N) is 1. The maximum absolute atomic E-state index is 12.2. The first-order valence-corrected chi connectivity index (χ1v) is 7.64. The van der Waals surface area contributed by atoms with E-state index >= 15 is 0 Å². The maximum atomic E-state index is 12.2. The summed E-state index contributed by atoms with van der Waals surface area (Å²) in [6.45, 7) is 7.78. The maximum Gasteiger partial charge on any atom is 0.252 e. The molecule has 1 amide bonds. The number of aromatic nitrogens is 3. The fourth-order valence-corrected chi connectivity index (χ4v) is 2.10. The number of fused-ring (bicyclic) bond motifs is 1. The second-order valence-corrected chi connectivity index (χ2v) is 6.38. The molecule has 0 aliphatic heterocycles. The Morgan fingerprint density at radius 1 is 1.32 bits per heavy atom. The van der Waals surface area contributed by atoms with Gasteiger partial charge in [-0.05, 0) is 33.0 Å². The van der Waals surface area contributed by atoms with E-state index in [1.807, 2.05) is 24.8 Å². The van der Waals surface area contributed by atoms with E-state index in [1.165, 1.54) is 0 Å². The van der Waals surface area contributed by atoms with Crippen LogP contribution in [0.1, 0.15) is 31.1 Å². The van der Waals surface area contributed by atoms with Gasteiger partial charge in [-0.2, -0.15) is 5.10 Å². The first-order valence-electron chi connectivity index (χ1n) is 7.64. The zero-order chi connectivity index (χ0) is 16.3. The van der Waals surface area contributed by atoms with Crippen LogP contribution in [0.25, 0.3) is 11.0 Å². The lowest BCUT2D eigenvalue weighted by Crippen LogP contribution is -2.38. The third-order valence-corrected chi connectivity index (χ3v) is 3.72. The van der Waals surface area contributed by atoms with Crippen LogP contribution in [0.2, 0.25) is 0 Å². The second kappa shape index (κ2) is 6.87. The van der Waals surface area contributed by atoms with Gasteiger partial charge in [-0.25, -0.2) is 9.67 Å². The molecule has 1 N–H and O–H groups in total. The molecule has 0 saturated carbocycles. The van der Waals surface area contributed by atoms with E-state index in [0.717, 1.165) is 17.6 Å². The molecule has 0 aromatic carbocycles. The molecule has 0 aliphatic rings. The molecular formula is C16H25N5O. The highest BCUT2D eigenvalue weighted by Crippen LogP contribution is 2.14. The fraction of sp³-hybridized carbons (Fsp3) is 0.562. The normalized spacial score (nSPS) is 13.0. The predicted octanol–water partition coefficient (Wildman–Crippen LogP) is 1.77. The molecule has 120 valence electrons. The standard InChI is InChI=1S/C16H25N5O/c1-11(2)10-21-15-13(9-19-21)6-14(8-17-15)16(22)18-7-12(3)20(4)5/h6,8-9,11-12H,7,10H2,1-5H3,(H,18,22)/t12-/m0/s1. The minimum Gasteiger partial charge on any atom is -0.350 e. The Morgan fingerprint density at radius 2 is 2.05 bits per heavy atom. The lowest BCUT2D eigenvalue weighted by Gasteiger charge is -2.19. The lowest BCUT2D eigenvalue weighted by atomic mass is 10.2. The van der Waals surface area contributed by atoms with Crippen molar-refractivity contribution in [3.63, 3.8) is 0 Å². The molecule has 22 heavy (non-hydrogen) atoms. The number of hydrogen-bond donors (Lipinski definition) is 1. The van der Waals surface area contributed by atoms with Gasteiger partial charge in [0.25, 0.3) is 5.91 Å². The van der Waals surface area contributed by atoms with Gasteiger partial charge in [-0.1, -0.05) is 13.8 Å². The van der Waals surface area contributed by atoms with E-state index in [1.54, 1.807) is 12.4 Å². The summed E-state index contributed by atoms with van der Waals surface area (Å²) in [7, 11) is 3.99. The van der Waals surface area contributed by atoms with Crippen LogP contribution in [0.5, 0.6) is 0 Å². The summed E-state index contributed by atoms with van der Waals surface area (Å²) in [6, 6.07) is 2.14. The van der Waals surface area contributed by atoms with Crippen LogP contribution in [0.3, 0.4) is 0 Å². The third-order valence-electron chi connectivity index (χ3n) is 3.72. The molecule has 0 radical (unpaired) electrons. The summed E-state index contributed by atoms with van der Waals surface area (Å²) in [6.07, 6.45) is 3.39. The van der Waals surface area contributed by atoms with Crippen molar-refractivity contribution in [1.82, 2.24) is 25.0 Å². The van der Waals surface area contributed by atoms with Crippen LogP contribution in [0, 0.1) is 5.92 Å². The Kier molecular flexibility index (Phi) is 5.13. The minimum absolute atomic E-state index is 0.0975. The van der Waals surface area contributed by atoms with Crippen molar-refractivity contribution < 1.29 is 4.79 Å². The van der Waals surface area contributed by atoms with E-state index in [2.05, 4.69) is 41.1 Å². The van der Waals surface area contributed by atoms with E-state index < -0.39 is 0 Å². The SMILES string of the molecule is CC(C)Cn1ncc2cc(C(=O)NC[C@H](C)N(C)C)cnc21. The van der Waals surface area contributed by atoms with Crippen molar-refractivity contribution in [3.05, 3.63) is 24.0 Å². The molecule has 0 unspecified atom stereocenters. The van der Waals surface area contributed by atoms with E-state index in [0.29, 0.717) is 18.0 Å². The van der Waals surface area contributed by atoms with Crippen LogP contribution < -0.4 is 5.32 Å². The number of carbonyl (C=O) groups is 1. The molecule has 0 aliphatic carbocycles. The largest absolute Gasteiger partial charge is 0.350 e. The van der Waals surface area contributed by atoms with Crippen molar-refractivity contribution >= 4 is 16.9 Å². The molecule has 0 bridgehead atoms. The fourth-order valence-electron chi connectivity index (χ4n) is 2.10. The Labute approximate surface area is 131 Å². The topological polar surface area (TPSA) is 63.1 Å². The summed E-state index contributed by atoms with van der Waals surface area (Å²) >= 11 is 0. The highest BCUT2D eigenvalue weighted by molar-refractivity contribution is 5.96. The minimum atomic E-state index is -0.0975. The van der Waals surface area contributed by atoms with E-state index in [4.69, 9.17) is 0 Å². The van der Waals surface area contributed by atoms with Gasteiger partial charge >= 0.3 is 0 Å². The van der Waals surface area contributed by atoms with Gasteiger partial charge in [0.1, 0.15) is 0 Å². The second-order valence-electron chi connectivity index (χ2n) is 6.38. The average Bonchev–Trinajstić information content (AvgIpc) is 2.85. The van der Waals surface area contributed by atoms with E-state index in [-0.39, 0.29) is 11.9 Å².